The van der Waals surface area contributed by atoms with E-state index in [2.05, 4.69) is 26.2 Å². The van der Waals surface area contributed by atoms with E-state index in [1.807, 2.05) is 42.5 Å². The first-order valence-corrected chi connectivity index (χ1v) is 7.22. The van der Waals surface area contributed by atoms with E-state index < -0.39 is 0 Å². The van der Waals surface area contributed by atoms with Gasteiger partial charge in [-0.1, -0.05) is 18.2 Å². The summed E-state index contributed by atoms with van der Waals surface area (Å²) in [5.41, 5.74) is 9.26. The van der Waals surface area contributed by atoms with Crippen LogP contribution in [0, 0.1) is 0 Å². The van der Waals surface area contributed by atoms with Crippen molar-refractivity contribution in [3.63, 3.8) is 0 Å². The second-order valence-corrected chi connectivity index (χ2v) is 5.49. The van der Waals surface area contributed by atoms with Gasteiger partial charge in [0.1, 0.15) is 5.75 Å². The number of fused-ring (bicyclic) bond motifs is 1. The van der Waals surface area contributed by atoms with E-state index in [9.17, 15) is 0 Å². The summed E-state index contributed by atoms with van der Waals surface area (Å²) in [7, 11) is 1.60. The number of nitrogens with zero attached hydrogens (tertiary/aromatic N) is 1. The van der Waals surface area contributed by atoms with Crippen LogP contribution in [0.3, 0.4) is 0 Å². The topological polar surface area (TPSA) is 60.2 Å². The van der Waals surface area contributed by atoms with Crippen LogP contribution in [0.1, 0.15) is 0 Å². The molecular formula is C16H14BrN3O. The van der Waals surface area contributed by atoms with Crippen LogP contribution < -0.4 is 15.8 Å². The van der Waals surface area contributed by atoms with Gasteiger partial charge in [-0.2, -0.15) is 0 Å². The zero-order valence-electron chi connectivity index (χ0n) is 11.4. The Labute approximate surface area is 131 Å². The van der Waals surface area contributed by atoms with Crippen LogP contribution in [0.5, 0.6) is 5.75 Å². The molecule has 0 saturated heterocycles. The highest BCUT2D eigenvalue weighted by Crippen LogP contribution is 2.33. The van der Waals surface area contributed by atoms with Gasteiger partial charge in [-0.3, -0.25) is 4.98 Å². The Balaban J connectivity index is 2.06. The number of aromatic nitrogens is 1. The first-order chi connectivity index (χ1) is 10.2. The minimum atomic E-state index is 0.578. The molecule has 1 heterocycles. The molecule has 0 unspecified atom stereocenters. The van der Waals surface area contributed by atoms with E-state index in [4.69, 9.17) is 10.5 Å². The van der Waals surface area contributed by atoms with Crippen LogP contribution in [0.15, 0.2) is 53.1 Å². The van der Waals surface area contributed by atoms with Crippen molar-refractivity contribution < 1.29 is 4.74 Å². The standard InChI is InChI=1S/C16H14BrN3O/c1-21-14-7-3-5-12(15(14)18)20-13-6-2-4-10-8-11(17)9-19-16(10)13/h2-9,20H,18H2,1H3. The summed E-state index contributed by atoms with van der Waals surface area (Å²) in [4.78, 5) is 4.47. The van der Waals surface area contributed by atoms with E-state index in [-0.39, 0.29) is 0 Å². The molecule has 0 amide bonds. The summed E-state index contributed by atoms with van der Waals surface area (Å²) >= 11 is 3.43. The number of rotatable bonds is 3. The molecule has 2 aromatic carbocycles. The van der Waals surface area contributed by atoms with Gasteiger partial charge >= 0.3 is 0 Å². The van der Waals surface area contributed by atoms with Crippen molar-refractivity contribution in [2.75, 3.05) is 18.2 Å². The minimum absolute atomic E-state index is 0.578. The lowest BCUT2D eigenvalue weighted by Crippen LogP contribution is -1.99. The highest BCUT2D eigenvalue weighted by Gasteiger charge is 2.08. The van der Waals surface area contributed by atoms with E-state index in [1.165, 1.54) is 0 Å². The predicted octanol–water partition coefficient (Wildman–Crippen LogP) is 4.33. The molecule has 0 saturated carbocycles. The quantitative estimate of drug-likeness (QED) is 0.694. The Morgan fingerprint density at radius 2 is 1.90 bits per heavy atom. The van der Waals surface area contributed by atoms with Crippen LogP contribution in [-0.2, 0) is 0 Å². The molecule has 0 aliphatic carbocycles. The molecule has 0 atom stereocenters. The number of nitrogens with two attached hydrogens (primary N) is 1. The van der Waals surface area contributed by atoms with Crippen molar-refractivity contribution >= 4 is 43.9 Å². The van der Waals surface area contributed by atoms with Gasteiger partial charge in [0.05, 0.1) is 29.7 Å². The lowest BCUT2D eigenvalue weighted by molar-refractivity contribution is 0.417. The number of halogens is 1. The second-order valence-electron chi connectivity index (χ2n) is 4.58. The number of ether oxygens (including phenoxy) is 1. The van der Waals surface area contributed by atoms with Crippen LogP contribution in [-0.4, -0.2) is 12.1 Å². The third-order valence-electron chi connectivity index (χ3n) is 3.23. The highest BCUT2D eigenvalue weighted by atomic mass is 79.9. The molecule has 3 aromatic rings. The van der Waals surface area contributed by atoms with Crippen molar-refractivity contribution in [3.05, 3.63) is 53.1 Å². The van der Waals surface area contributed by atoms with Crippen LogP contribution >= 0.6 is 15.9 Å². The summed E-state index contributed by atoms with van der Waals surface area (Å²) in [6.45, 7) is 0. The van der Waals surface area contributed by atoms with Gasteiger partial charge in [0, 0.05) is 16.1 Å². The number of benzene rings is 2. The first kappa shape index (κ1) is 13.7. The Hall–Kier alpha value is -2.27. The SMILES string of the molecule is COc1cccc(Nc2cccc3cc(Br)cnc23)c1N. The summed E-state index contributed by atoms with van der Waals surface area (Å²) in [5.74, 6) is 0.649. The van der Waals surface area contributed by atoms with Gasteiger partial charge in [-0.05, 0) is 40.2 Å². The van der Waals surface area contributed by atoms with Crippen molar-refractivity contribution in [3.8, 4) is 5.75 Å². The van der Waals surface area contributed by atoms with Gasteiger partial charge in [0.2, 0.25) is 0 Å². The number of nitrogen functional groups attached to an aromatic ring is 1. The molecule has 3 N–H and O–H groups in total. The number of pyridine rings is 1. The van der Waals surface area contributed by atoms with Crippen molar-refractivity contribution in [1.82, 2.24) is 4.98 Å². The Kier molecular flexibility index (Phi) is 3.66. The lowest BCUT2D eigenvalue weighted by Gasteiger charge is -2.13. The number of methoxy groups -OCH3 is 1. The summed E-state index contributed by atoms with van der Waals surface area (Å²) < 4.78 is 6.19. The monoisotopic (exact) mass is 343 g/mol. The fourth-order valence-corrected chi connectivity index (χ4v) is 2.56. The number of anilines is 3. The van der Waals surface area contributed by atoms with Crippen LogP contribution in [0.25, 0.3) is 10.9 Å². The lowest BCUT2D eigenvalue weighted by atomic mass is 10.1. The molecule has 5 heteroatoms. The molecule has 0 spiro atoms. The smallest absolute Gasteiger partial charge is 0.143 e. The Morgan fingerprint density at radius 3 is 2.71 bits per heavy atom. The van der Waals surface area contributed by atoms with Gasteiger partial charge in [-0.25, -0.2) is 0 Å². The zero-order chi connectivity index (χ0) is 14.8. The zero-order valence-corrected chi connectivity index (χ0v) is 13.0. The normalized spacial score (nSPS) is 10.6. The van der Waals surface area contributed by atoms with Gasteiger partial charge < -0.3 is 15.8 Å². The fraction of sp³-hybridized carbons (Fsp3) is 0.0625. The Bertz CT molecular complexity index is 805. The van der Waals surface area contributed by atoms with Crippen molar-refractivity contribution in [1.29, 1.82) is 0 Å². The van der Waals surface area contributed by atoms with Gasteiger partial charge in [0.15, 0.2) is 0 Å². The summed E-state index contributed by atoms with van der Waals surface area (Å²) in [6, 6.07) is 13.6. The van der Waals surface area contributed by atoms with Crippen molar-refractivity contribution in [2.24, 2.45) is 0 Å². The average Bonchev–Trinajstić information content (AvgIpc) is 2.49. The predicted molar refractivity (Wildman–Crippen MR) is 90.1 cm³/mol. The molecule has 0 fully saturated rings. The third-order valence-corrected chi connectivity index (χ3v) is 3.67. The number of para-hydroxylation sites is 2. The van der Waals surface area contributed by atoms with E-state index in [0.29, 0.717) is 11.4 Å². The maximum Gasteiger partial charge on any atom is 0.143 e. The molecule has 1 aromatic heterocycles. The van der Waals surface area contributed by atoms with E-state index in [0.717, 1.165) is 26.8 Å². The molecule has 4 nitrogen and oxygen atoms in total. The minimum Gasteiger partial charge on any atom is -0.495 e. The first-order valence-electron chi connectivity index (χ1n) is 6.43. The van der Waals surface area contributed by atoms with E-state index in [1.54, 1.807) is 13.3 Å². The molecule has 0 aliphatic rings. The summed E-state index contributed by atoms with van der Waals surface area (Å²) in [6.07, 6.45) is 1.78. The second kappa shape index (κ2) is 5.61. The molecule has 3 rings (SSSR count). The highest BCUT2D eigenvalue weighted by molar-refractivity contribution is 9.10. The maximum atomic E-state index is 6.09. The molecular weight excluding hydrogens is 330 g/mol. The summed E-state index contributed by atoms with van der Waals surface area (Å²) in [5, 5.41) is 4.38. The van der Waals surface area contributed by atoms with Crippen molar-refractivity contribution in [2.45, 2.75) is 0 Å². The van der Waals surface area contributed by atoms with E-state index >= 15 is 0 Å². The van der Waals surface area contributed by atoms with Gasteiger partial charge in [-0.15, -0.1) is 0 Å². The number of nitrogens with one attached hydrogen (secondary N) is 1. The van der Waals surface area contributed by atoms with Crippen LogP contribution in [0.4, 0.5) is 17.1 Å². The molecule has 0 aliphatic heterocycles. The third kappa shape index (κ3) is 2.64. The molecule has 0 radical (unpaired) electrons. The average molecular weight is 344 g/mol. The van der Waals surface area contributed by atoms with Crippen LogP contribution in [0.2, 0.25) is 0 Å². The largest absolute Gasteiger partial charge is 0.495 e. The molecule has 106 valence electrons. The molecule has 0 bridgehead atoms. The van der Waals surface area contributed by atoms with Gasteiger partial charge in [0.25, 0.3) is 0 Å². The Morgan fingerprint density at radius 1 is 1.14 bits per heavy atom. The number of hydrogen-bond acceptors (Lipinski definition) is 4. The number of hydrogen-bond donors (Lipinski definition) is 2. The molecule has 21 heavy (non-hydrogen) atoms. The fourth-order valence-electron chi connectivity index (χ4n) is 2.21. The maximum absolute atomic E-state index is 6.09.